The Kier molecular flexibility index (Phi) is 67.1. The van der Waals surface area contributed by atoms with Gasteiger partial charge >= 0.3 is 39.5 Å². The second-order valence-electron chi connectivity index (χ2n) is 29.3. The van der Waals surface area contributed by atoms with E-state index < -0.39 is 97.5 Å². The van der Waals surface area contributed by atoms with Crippen molar-refractivity contribution in [1.82, 2.24) is 0 Å². The number of phosphoric acid groups is 2. The lowest BCUT2D eigenvalue weighted by Gasteiger charge is -2.21. The van der Waals surface area contributed by atoms with Crippen molar-refractivity contribution >= 4 is 39.5 Å². The Balaban J connectivity index is 5.21. The number of phosphoric ester groups is 2. The largest absolute Gasteiger partial charge is 0.472 e. The van der Waals surface area contributed by atoms with Gasteiger partial charge in [0.15, 0.2) is 12.2 Å². The number of esters is 4. The van der Waals surface area contributed by atoms with E-state index in [0.29, 0.717) is 25.7 Å². The molecule has 0 saturated carbocycles. The molecule has 0 aliphatic rings. The van der Waals surface area contributed by atoms with Gasteiger partial charge in [0.25, 0.3) is 0 Å². The number of aliphatic hydroxyl groups is 1. The first kappa shape index (κ1) is 95.1. The third-order valence-electron chi connectivity index (χ3n) is 18.5. The summed E-state index contributed by atoms with van der Waals surface area (Å²) in [5, 5.41) is 10.6. The summed E-state index contributed by atoms with van der Waals surface area (Å²) in [5.41, 5.74) is 0. The predicted molar refractivity (Wildman–Crippen MR) is 395 cm³/mol. The highest BCUT2D eigenvalue weighted by Gasteiger charge is 2.30. The van der Waals surface area contributed by atoms with E-state index in [1.165, 1.54) is 205 Å². The van der Waals surface area contributed by atoms with Crippen molar-refractivity contribution in [3.8, 4) is 0 Å². The molecule has 17 nitrogen and oxygen atoms in total. The first-order valence-electron chi connectivity index (χ1n) is 40.4. The van der Waals surface area contributed by atoms with Crippen LogP contribution in [0.5, 0.6) is 0 Å². The molecule has 0 amide bonds. The molecule has 0 bridgehead atoms. The second-order valence-corrected chi connectivity index (χ2v) is 32.2. The van der Waals surface area contributed by atoms with Gasteiger partial charge in [-0.15, -0.1) is 0 Å². The van der Waals surface area contributed by atoms with E-state index in [-0.39, 0.29) is 25.7 Å². The van der Waals surface area contributed by atoms with Gasteiger partial charge < -0.3 is 33.8 Å². The van der Waals surface area contributed by atoms with Crippen molar-refractivity contribution in [2.75, 3.05) is 39.6 Å². The van der Waals surface area contributed by atoms with Gasteiger partial charge in [0, 0.05) is 25.7 Å². The Labute approximate surface area is 594 Å². The number of carbonyl (C=O) groups excluding carboxylic acids is 4. The normalized spacial score (nSPS) is 14.3. The molecular weight excluding hydrogens is 1270 g/mol. The van der Waals surface area contributed by atoms with Gasteiger partial charge in [0.1, 0.15) is 19.3 Å². The number of hydrogen-bond donors (Lipinski definition) is 3. The minimum atomic E-state index is -4.96. The highest BCUT2D eigenvalue weighted by molar-refractivity contribution is 7.47. The van der Waals surface area contributed by atoms with Crippen molar-refractivity contribution in [3.63, 3.8) is 0 Å². The molecule has 3 N–H and O–H groups in total. The van der Waals surface area contributed by atoms with Gasteiger partial charge in [-0.3, -0.25) is 37.3 Å². The molecule has 0 aromatic rings. The fourth-order valence-corrected chi connectivity index (χ4v) is 13.5. The number of unbranched alkanes of at least 4 members (excludes halogenated alkanes) is 43. The number of rotatable bonds is 76. The van der Waals surface area contributed by atoms with Crippen molar-refractivity contribution < 1.29 is 80.2 Å². The number of carbonyl (C=O) groups is 4. The maximum Gasteiger partial charge on any atom is 0.472 e. The van der Waals surface area contributed by atoms with Crippen molar-refractivity contribution in [3.05, 3.63) is 0 Å². The van der Waals surface area contributed by atoms with Crippen LogP contribution in [-0.2, 0) is 65.4 Å². The molecule has 3 unspecified atom stereocenters. The van der Waals surface area contributed by atoms with Gasteiger partial charge in [-0.1, -0.05) is 350 Å². The molecule has 0 heterocycles. The number of ether oxygens (including phenoxy) is 4. The zero-order chi connectivity index (χ0) is 71.6. The quantitative estimate of drug-likeness (QED) is 0.0222. The van der Waals surface area contributed by atoms with Crippen molar-refractivity contribution in [2.24, 2.45) is 17.8 Å². The van der Waals surface area contributed by atoms with Gasteiger partial charge in [-0.05, 0) is 43.4 Å². The molecule has 0 radical (unpaired) electrons. The van der Waals surface area contributed by atoms with Crippen LogP contribution in [0.4, 0.5) is 0 Å². The Morgan fingerprint density at radius 3 is 0.784 bits per heavy atom. The average molecular weight is 1420 g/mol. The van der Waals surface area contributed by atoms with Crippen LogP contribution in [0, 0.1) is 17.8 Å². The Morgan fingerprint density at radius 2 is 0.526 bits per heavy atom. The van der Waals surface area contributed by atoms with E-state index in [4.69, 9.17) is 37.0 Å². The van der Waals surface area contributed by atoms with E-state index in [2.05, 4.69) is 48.5 Å². The van der Waals surface area contributed by atoms with Crippen molar-refractivity contribution in [1.29, 1.82) is 0 Å². The lowest BCUT2D eigenvalue weighted by molar-refractivity contribution is -0.161. The smallest absolute Gasteiger partial charge is 0.462 e. The van der Waals surface area contributed by atoms with Crippen molar-refractivity contribution in [2.45, 2.75) is 420 Å². The highest BCUT2D eigenvalue weighted by Crippen LogP contribution is 2.45. The van der Waals surface area contributed by atoms with Crippen LogP contribution in [0.25, 0.3) is 0 Å². The minimum absolute atomic E-state index is 0.104. The molecule has 0 saturated heterocycles. The summed E-state index contributed by atoms with van der Waals surface area (Å²) in [5.74, 6) is 0.171. The molecule has 19 heteroatoms. The van der Waals surface area contributed by atoms with E-state index in [9.17, 15) is 43.2 Å². The van der Waals surface area contributed by atoms with Crippen LogP contribution < -0.4 is 0 Å². The van der Waals surface area contributed by atoms with Crippen LogP contribution in [0.2, 0.25) is 0 Å². The number of hydrogen-bond acceptors (Lipinski definition) is 15. The van der Waals surface area contributed by atoms with Crippen LogP contribution in [-0.4, -0.2) is 96.7 Å². The summed E-state index contributed by atoms with van der Waals surface area (Å²) in [7, 11) is -9.91. The fraction of sp³-hybridized carbons (Fsp3) is 0.949. The van der Waals surface area contributed by atoms with Gasteiger partial charge in [-0.2, -0.15) is 0 Å². The Morgan fingerprint density at radius 1 is 0.299 bits per heavy atom. The molecule has 0 rings (SSSR count). The summed E-state index contributed by atoms with van der Waals surface area (Å²) < 4.78 is 68.6. The maximum absolute atomic E-state index is 13.1. The molecule has 0 aliphatic carbocycles. The van der Waals surface area contributed by atoms with E-state index in [0.717, 1.165) is 114 Å². The molecule has 97 heavy (non-hydrogen) atoms. The number of aliphatic hydroxyl groups excluding tert-OH is 1. The Hall–Kier alpha value is -1.94. The lowest BCUT2D eigenvalue weighted by atomic mass is 10.00. The third kappa shape index (κ3) is 70.9. The van der Waals surface area contributed by atoms with Gasteiger partial charge in [0.2, 0.25) is 0 Å². The average Bonchev–Trinajstić information content (AvgIpc) is 1.10. The molecule has 0 fully saturated rings. The summed E-state index contributed by atoms with van der Waals surface area (Å²) in [6.07, 6.45) is 55.6. The van der Waals surface area contributed by atoms with E-state index in [1.807, 2.05) is 0 Å². The Bertz CT molecular complexity index is 1890. The summed E-state index contributed by atoms with van der Waals surface area (Å²) in [4.78, 5) is 72.9. The standard InChI is InChI=1S/C78H152O17P2/c1-8-10-11-12-13-14-15-16-24-27-32-37-45-52-59-75(80)88-65-73(94-77(82)61-54-47-38-33-28-25-22-20-18-17-19-21-23-26-30-35-42-49-56-69(3)4)67-92-96(84,85)90-63-72(79)64-91-97(86,87)93-68-74(66-89-76(81)60-53-46-41-40-44-51-58-71(7)9-2)95-78(83)62-55-48-39-34-29-31-36-43-50-57-70(5)6/h69-74,79H,8-68H2,1-7H3,(H,84,85)(H,86,87)/t71?,72-,73-,74-/m1/s1. The lowest BCUT2D eigenvalue weighted by Crippen LogP contribution is -2.30. The zero-order valence-corrected chi connectivity index (χ0v) is 65.3. The summed E-state index contributed by atoms with van der Waals surface area (Å²) >= 11 is 0. The minimum Gasteiger partial charge on any atom is -0.462 e. The maximum atomic E-state index is 13.1. The van der Waals surface area contributed by atoms with Gasteiger partial charge in [0.05, 0.1) is 26.4 Å². The van der Waals surface area contributed by atoms with Gasteiger partial charge in [-0.25, -0.2) is 9.13 Å². The van der Waals surface area contributed by atoms with Crippen LogP contribution in [0.15, 0.2) is 0 Å². The molecule has 0 aliphatic heterocycles. The molecule has 6 atom stereocenters. The molecule has 0 aromatic heterocycles. The second kappa shape index (κ2) is 68.5. The third-order valence-corrected chi connectivity index (χ3v) is 20.4. The molecular formula is C78H152O17P2. The SMILES string of the molecule is CCCCCCCCCCCCCCCCC(=O)OC[C@H](COP(=O)(O)OC[C@@H](O)COP(=O)(O)OC[C@@H](COC(=O)CCCCCCCCC(C)CC)OC(=O)CCCCCCCCCCCC(C)C)OC(=O)CCCCCCCCCCCCCCCCCCCCC(C)C. The fourth-order valence-electron chi connectivity index (χ4n) is 11.9. The van der Waals surface area contributed by atoms with E-state index >= 15 is 0 Å². The van der Waals surface area contributed by atoms with Crippen LogP contribution in [0.1, 0.15) is 402 Å². The first-order valence-corrected chi connectivity index (χ1v) is 43.4. The van der Waals surface area contributed by atoms with Crippen LogP contribution >= 0.6 is 15.6 Å². The topological polar surface area (TPSA) is 237 Å². The first-order chi connectivity index (χ1) is 46.8. The molecule has 0 spiro atoms. The predicted octanol–water partition coefficient (Wildman–Crippen LogP) is 23.0. The molecule has 0 aromatic carbocycles. The van der Waals surface area contributed by atoms with E-state index in [1.54, 1.807) is 0 Å². The monoisotopic (exact) mass is 1420 g/mol. The molecule has 576 valence electrons. The summed E-state index contributed by atoms with van der Waals surface area (Å²) in [6, 6.07) is 0. The zero-order valence-electron chi connectivity index (χ0n) is 63.5. The summed E-state index contributed by atoms with van der Waals surface area (Å²) in [6.45, 7) is 11.9. The highest BCUT2D eigenvalue weighted by atomic mass is 31.2. The van der Waals surface area contributed by atoms with Crippen LogP contribution in [0.3, 0.4) is 0 Å².